The van der Waals surface area contributed by atoms with Gasteiger partial charge in [-0.05, 0) is 49.9 Å². The Bertz CT molecular complexity index is 939. The highest BCUT2D eigenvalue weighted by Gasteiger charge is 2.76. The first-order chi connectivity index (χ1) is 14.9. The lowest BCUT2D eigenvalue weighted by molar-refractivity contribution is -0.967. The van der Waals surface area contributed by atoms with Crippen molar-refractivity contribution in [3.63, 3.8) is 0 Å². The van der Waals surface area contributed by atoms with Gasteiger partial charge in [-0.3, -0.25) is 0 Å². The Morgan fingerprint density at radius 3 is 2.61 bits per heavy atom. The van der Waals surface area contributed by atoms with E-state index >= 15 is 0 Å². The largest absolute Gasteiger partial charge is 0.369 e. The van der Waals surface area contributed by atoms with Crippen LogP contribution in [0.2, 0.25) is 0 Å². The molecule has 2 aromatic carbocycles. The standard InChI is InChI=1S/C29H42NO/c1-5-6-7-10-17-31-28(3)21-30(19-22(2)26-15-16-27(28)29(26,30)4)20-23-13-14-24-11-8-9-12-25(24)18-23/h8-9,11-14,18,22,26-27H,5-7,10,15-17,19-21H2,1-4H3/q+1/t22-,26+,27-,28-,29-,30-/m1/s1. The van der Waals surface area contributed by atoms with Crippen molar-refractivity contribution in [2.24, 2.45) is 17.8 Å². The van der Waals surface area contributed by atoms with Gasteiger partial charge >= 0.3 is 0 Å². The van der Waals surface area contributed by atoms with Crippen molar-refractivity contribution in [2.45, 2.75) is 83.9 Å². The van der Waals surface area contributed by atoms with Gasteiger partial charge < -0.3 is 9.22 Å². The van der Waals surface area contributed by atoms with Crippen LogP contribution in [-0.2, 0) is 11.3 Å². The Hall–Kier alpha value is -1.38. The fraction of sp³-hybridized carbons (Fsp3) is 0.655. The lowest BCUT2D eigenvalue weighted by Gasteiger charge is -2.43. The van der Waals surface area contributed by atoms with Crippen LogP contribution in [0.1, 0.15) is 71.8 Å². The summed E-state index contributed by atoms with van der Waals surface area (Å²) >= 11 is 0. The van der Waals surface area contributed by atoms with Crippen LogP contribution in [0.3, 0.4) is 0 Å². The maximum absolute atomic E-state index is 6.82. The Morgan fingerprint density at radius 2 is 1.81 bits per heavy atom. The van der Waals surface area contributed by atoms with Gasteiger partial charge in [0.05, 0.1) is 6.54 Å². The molecule has 3 fully saturated rings. The van der Waals surface area contributed by atoms with Crippen LogP contribution >= 0.6 is 0 Å². The number of hydrogen-bond donors (Lipinski definition) is 0. The van der Waals surface area contributed by atoms with E-state index in [1.807, 2.05) is 0 Å². The molecule has 0 spiro atoms. The van der Waals surface area contributed by atoms with Crippen molar-refractivity contribution in [3.8, 4) is 0 Å². The average molecular weight is 421 g/mol. The quantitative estimate of drug-likeness (QED) is 0.331. The van der Waals surface area contributed by atoms with Crippen LogP contribution in [0.25, 0.3) is 10.8 Å². The van der Waals surface area contributed by atoms with Crippen LogP contribution < -0.4 is 0 Å². The zero-order valence-electron chi connectivity index (χ0n) is 20.2. The van der Waals surface area contributed by atoms with E-state index in [2.05, 4.69) is 70.2 Å². The summed E-state index contributed by atoms with van der Waals surface area (Å²) in [5.74, 6) is 2.37. The second-order valence-electron chi connectivity index (χ2n) is 11.5. The summed E-state index contributed by atoms with van der Waals surface area (Å²) in [4.78, 5) is 0. The van der Waals surface area contributed by atoms with Crippen LogP contribution in [-0.4, -0.2) is 35.3 Å². The van der Waals surface area contributed by atoms with Gasteiger partial charge in [0.25, 0.3) is 0 Å². The Labute approximate surface area is 189 Å². The second kappa shape index (κ2) is 7.89. The van der Waals surface area contributed by atoms with Gasteiger partial charge in [-0.15, -0.1) is 0 Å². The monoisotopic (exact) mass is 420 g/mol. The van der Waals surface area contributed by atoms with Gasteiger partial charge in [0, 0.05) is 29.9 Å². The van der Waals surface area contributed by atoms with Gasteiger partial charge in [0.2, 0.25) is 0 Å². The van der Waals surface area contributed by atoms with Crippen molar-refractivity contribution < 1.29 is 9.22 Å². The molecule has 0 bridgehead atoms. The number of rotatable bonds is 8. The first-order valence-electron chi connectivity index (χ1n) is 12.9. The predicted molar refractivity (Wildman–Crippen MR) is 130 cm³/mol. The third-order valence-corrected chi connectivity index (χ3v) is 9.65. The van der Waals surface area contributed by atoms with E-state index < -0.39 is 0 Å². The van der Waals surface area contributed by atoms with Crippen LogP contribution in [0.4, 0.5) is 0 Å². The molecule has 5 rings (SSSR count). The summed E-state index contributed by atoms with van der Waals surface area (Å²) in [5, 5.41) is 2.73. The number of unbranched alkanes of at least 4 members (excludes halogenated alkanes) is 3. The van der Waals surface area contributed by atoms with Crippen LogP contribution in [0, 0.1) is 17.8 Å². The number of benzene rings is 2. The summed E-state index contributed by atoms with van der Waals surface area (Å²) in [5.41, 5.74) is 1.90. The molecule has 1 saturated carbocycles. The lowest BCUT2D eigenvalue weighted by Crippen LogP contribution is -2.57. The number of hydrogen-bond acceptors (Lipinski definition) is 1. The fourth-order valence-corrected chi connectivity index (χ4v) is 8.43. The maximum atomic E-state index is 6.82. The molecule has 31 heavy (non-hydrogen) atoms. The molecule has 0 radical (unpaired) electrons. The van der Waals surface area contributed by atoms with Crippen molar-refractivity contribution >= 4 is 10.8 Å². The molecule has 1 aliphatic carbocycles. The molecule has 2 heteroatoms. The zero-order valence-corrected chi connectivity index (χ0v) is 20.2. The first-order valence-corrected chi connectivity index (χ1v) is 12.9. The molecule has 0 unspecified atom stereocenters. The summed E-state index contributed by atoms with van der Waals surface area (Å²) in [6, 6.07) is 16.0. The highest BCUT2D eigenvalue weighted by molar-refractivity contribution is 5.82. The van der Waals surface area contributed by atoms with E-state index in [0.717, 1.165) is 25.0 Å². The highest BCUT2D eigenvalue weighted by Crippen LogP contribution is 2.65. The molecule has 2 saturated heterocycles. The minimum absolute atomic E-state index is 0.0344. The van der Waals surface area contributed by atoms with Crippen molar-refractivity contribution in [2.75, 3.05) is 19.7 Å². The maximum Gasteiger partial charge on any atom is 0.123 e. The predicted octanol–water partition coefficient (Wildman–Crippen LogP) is 6.96. The zero-order chi connectivity index (χ0) is 21.7. The normalized spacial score (nSPS) is 38.8. The molecule has 2 nitrogen and oxygen atoms in total. The Morgan fingerprint density at radius 1 is 1.00 bits per heavy atom. The molecule has 168 valence electrons. The fourth-order valence-electron chi connectivity index (χ4n) is 8.43. The Kier molecular flexibility index (Phi) is 5.46. The average Bonchev–Trinajstić information content (AvgIpc) is 3.28. The molecule has 3 aliphatic rings. The SMILES string of the molecule is CCCCCCO[C@]1(C)C[N@+]2(Cc3ccc4ccccc4c3)C[C@@H](C)[C@@H]3CC[C@H]1[C@@]32C. The van der Waals surface area contributed by atoms with E-state index in [0.29, 0.717) is 11.5 Å². The van der Waals surface area contributed by atoms with E-state index in [-0.39, 0.29) is 5.60 Å². The Balaban J connectivity index is 1.44. The highest BCUT2D eigenvalue weighted by atomic mass is 16.5. The van der Waals surface area contributed by atoms with Crippen molar-refractivity contribution in [1.82, 2.24) is 0 Å². The van der Waals surface area contributed by atoms with E-state index in [4.69, 9.17) is 4.74 Å². The van der Waals surface area contributed by atoms with E-state index in [1.165, 1.54) is 72.4 Å². The van der Waals surface area contributed by atoms with Gasteiger partial charge in [0.1, 0.15) is 24.2 Å². The van der Waals surface area contributed by atoms with E-state index in [1.54, 1.807) is 0 Å². The summed E-state index contributed by atoms with van der Waals surface area (Å²) < 4.78 is 8.06. The molecule has 0 amide bonds. The third-order valence-electron chi connectivity index (χ3n) is 9.65. The first kappa shape index (κ1) is 21.5. The number of quaternary nitrogens is 1. The number of fused-ring (bicyclic) bond motifs is 1. The minimum atomic E-state index is 0.0344. The van der Waals surface area contributed by atoms with Crippen LogP contribution in [0.5, 0.6) is 0 Å². The topological polar surface area (TPSA) is 9.23 Å². The molecule has 0 aromatic heterocycles. The van der Waals surface area contributed by atoms with Crippen LogP contribution in [0.15, 0.2) is 42.5 Å². The molecule has 2 aromatic rings. The minimum Gasteiger partial charge on any atom is -0.369 e. The van der Waals surface area contributed by atoms with Crippen molar-refractivity contribution in [3.05, 3.63) is 48.0 Å². The van der Waals surface area contributed by atoms with Crippen molar-refractivity contribution in [1.29, 1.82) is 0 Å². The summed E-state index contributed by atoms with van der Waals surface area (Å²) in [6.45, 7) is 14.5. The van der Waals surface area contributed by atoms with Gasteiger partial charge in [0.15, 0.2) is 0 Å². The van der Waals surface area contributed by atoms with Gasteiger partial charge in [-0.1, -0.05) is 69.5 Å². The summed E-state index contributed by atoms with van der Waals surface area (Å²) in [6.07, 6.45) is 7.91. The molecule has 2 aliphatic heterocycles. The molecular weight excluding hydrogens is 378 g/mol. The third kappa shape index (κ3) is 3.28. The molecule has 6 atom stereocenters. The molecule has 2 heterocycles. The van der Waals surface area contributed by atoms with Gasteiger partial charge in [-0.25, -0.2) is 0 Å². The summed E-state index contributed by atoms with van der Waals surface area (Å²) in [7, 11) is 0. The smallest absolute Gasteiger partial charge is 0.123 e. The number of nitrogens with zero attached hydrogens (tertiary/aromatic N) is 1. The molecule has 0 N–H and O–H groups in total. The molecular formula is C29H42NO+. The number of ether oxygens (including phenoxy) is 1. The van der Waals surface area contributed by atoms with Gasteiger partial charge in [-0.2, -0.15) is 0 Å². The second-order valence-corrected chi connectivity index (χ2v) is 11.5. The van der Waals surface area contributed by atoms with E-state index in [9.17, 15) is 0 Å². The lowest BCUT2D eigenvalue weighted by atomic mass is 9.76.